The molecule has 0 fully saturated rings. The molecular formula is C38H36F3N5O5S. The molecule has 1 aliphatic heterocycles. The van der Waals surface area contributed by atoms with E-state index in [4.69, 9.17) is 11.1 Å². The zero-order valence-corrected chi connectivity index (χ0v) is 28.6. The van der Waals surface area contributed by atoms with Gasteiger partial charge in [0.05, 0.1) is 35.6 Å². The zero-order valence-electron chi connectivity index (χ0n) is 27.8. The highest BCUT2D eigenvalue weighted by molar-refractivity contribution is 7.80. The molecule has 10 nitrogen and oxygen atoms in total. The van der Waals surface area contributed by atoms with Crippen molar-refractivity contribution in [3.05, 3.63) is 137 Å². The molecule has 0 aliphatic carbocycles. The van der Waals surface area contributed by atoms with Gasteiger partial charge in [-0.25, -0.2) is 4.79 Å². The van der Waals surface area contributed by atoms with E-state index in [2.05, 4.69) is 22.7 Å². The third-order valence-electron chi connectivity index (χ3n) is 8.48. The molecule has 1 heterocycles. The van der Waals surface area contributed by atoms with Crippen molar-refractivity contribution < 1.29 is 37.1 Å². The third-order valence-corrected chi connectivity index (χ3v) is 8.86. The molecular weight excluding hydrogens is 696 g/mol. The van der Waals surface area contributed by atoms with Gasteiger partial charge in [0.15, 0.2) is 5.96 Å². The Balaban J connectivity index is 1.65. The first-order valence-corrected chi connectivity index (χ1v) is 16.9. The Morgan fingerprint density at radius 2 is 1.52 bits per heavy atom. The van der Waals surface area contributed by atoms with E-state index in [-0.39, 0.29) is 23.4 Å². The summed E-state index contributed by atoms with van der Waals surface area (Å²) in [6.07, 6.45) is -4.69. The molecule has 4 N–H and O–H groups in total. The summed E-state index contributed by atoms with van der Waals surface area (Å²) in [5.41, 5.74) is 8.09. The van der Waals surface area contributed by atoms with Crippen LogP contribution in [-0.2, 0) is 32.1 Å². The van der Waals surface area contributed by atoms with E-state index in [0.717, 1.165) is 11.1 Å². The van der Waals surface area contributed by atoms with E-state index < -0.39 is 48.4 Å². The lowest BCUT2D eigenvalue weighted by Gasteiger charge is -2.37. The number of nitrogens with one attached hydrogen (secondary N) is 2. The van der Waals surface area contributed by atoms with Gasteiger partial charge < -0.3 is 25.6 Å². The van der Waals surface area contributed by atoms with Crippen LogP contribution in [0.25, 0.3) is 0 Å². The standard InChI is InChI=1S/C38H36F3N5O5S/c39-38(40,41)36(50)51-32(47)22-30(26-14-6-2-7-15-26)46-33(27-16-8-3-9-17-27)35(49)45(23-25-11-4-1-5-12-25)29-20-19-24(21-28(29)34(46)48)13-10-18-31(52)44-37(42)43/h1-9,11-12,14-17,19-21,30-31,33,52H,10,13,18,22-23H2,(H4,42,43,44). The maximum atomic E-state index is 15.1. The van der Waals surface area contributed by atoms with Crippen molar-refractivity contribution >= 4 is 48.0 Å². The molecule has 52 heavy (non-hydrogen) atoms. The number of carbonyl (C=O) groups is 4. The van der Waals surface area contributed by atoms with E-state index in [9.17, 15) is 27.6 Å². The van der Waals surface area contributed by atoms with Crippen molar-refractivity contribution in [2.75, 3.05) is 4.90 Å². The van der Waals surface area contributed by atoms with Gasteiger partial charge in [0, 0.05) is 0 Å². The number of ether oxygens (including phenoxy) is 1. The third kappa shape index (κ3) is 9.18. The molecule has 4 aromatic carbocycles. The second kappa shape index (κ2) is 16.6. The van der Waals surface area contributed by atoms with Crippen LogP contribution in [-0.4, -0.2) is 46.2 Å². The van der Waals surface area contributed by atoms with Crippen LogP contribution in [0.2, 0.25) is 0 Å². The van der Waals surface area contributed by atoms with Crippen molar-refractivity contribution in [1.29, 1.82) is 5.41 Å². The molecule has 0 aromatic heterocycles. The fraction of sp³-hybridized carbons (Fsp3) is 0.237. The summed E-state index contributed by atoms with van der Waals surface area (Å²) in [6.45, 7) is 0.0760. The molecule has 4 aromatic rings. The molecule has 0 saturated carbocycles. The van der Waals surface area contributed by atoms with Gasteiger partial charge in [-0.2, -0.15) is 25.8 Å². The summed E-state index contributed by atoms with van der Waals surface area (Å²) in [6, 6.07) is 28.1. The van der Waals surface area contributed by atoms with Gasteiger partial charge in [-0.3, -0.25) is 19.8 Å². The number of halogens is 3. The monoisotopic (exact) mass is 731 g/mol. The van der Waals surface area contributed by atoms with Crippen LogP contribution in [0.3, 0.4) is 0 Å². The number of carbonyl (C=O) groups excluding carboxylic acids is 4. The Morgan fingerprint density at radius 1 is 0.904 bits per heavy atom. The predicted octanol–water partition coefficient (Wildman–Crippen LogP) is 6.24. The largest absolute Gasteiger partial charge is 0.491 e. The normalized spacial score (nSPS) is 15.7. The van der Waals surface area contributed by atoms with Crippen LogP contribution in [0.1, 0.15) is 64.0 Å². The number of hydrogen-bond acceptors (Lipinski definition) is 7. The summed E-state index contributed by atoms with van der Waals surface area (Å²) < 4.78 is 43.6. The van der Waals surface area contributed by atoms with Crippen molar-refractivity contribution in [1.82, 2.24) is 10.2 Å². The lowest BCUT2D eigenvalue weighted by molar-refractivity contribution is -0.202. The van der Waals surface area contributed by atoms with Crippen molar-refractivity contribution in [2.45, 2.75) is 55.9 Å². The number of esters is 2. The van der Waals surface area contributed by atoms with Gasteiger partial charge in [-0.1, -0.05) is 97.1 Å². The SMILES string of the molecule is N=C(N)NC(S)CCCc1ccc2c(c1)C(=O)N(C(CC(=O)OC(=O)C(F)(F)F)c1ccccc1)C(c1ccccc1)C(=O)N2Cc1ccccc1. The van der Waals surface area contributed by atoms with Gasteiger partial charge in [0.2, 0.25) is 0 Å². The number of amides is 2. The van der Waals surface area contributed by atoms with Gasteiger partial charge >= 0.3 is 18.1 Å². The number of fused-ring (bicyclic) bond motifs is 1. The number of guanidine groups is 1. The maximum Gasteiger partial charge on any atom is 0.491 e. The molecule has 1 aliphatic rings. The first-order chi connectivity index (χ1) is 24.8. The highest BCUT2D eigenvalue weighted by Gasteiger charge is 2.46. The number of nitrogens with zero attached hydrogens (tertiary/aromatic N) is 2. The average molecular weight is 732 g/mol. The smallest absolute Gasteiger partial charge is 0.386 e. The Kier molecular flexibility index (Phi) is 12.0. The molecule has 0 bridgehead atoms. The fourth-order valence-corrected chi connectivity index (χ4v) is 6.46. The van der Waals surface area contributed by atoms with Gasteiger partial charge in [0.25, 0.3) is 11.8 Å². The minimum absolute atomic E-state index is 0.0760. The minimum atomic E-state index is -5.43. The molecule has 270 valence electrons. The van der Waals surface area contributed by atoms with E-state index in [1.807, 2.05) is 36.4 Å². The molecule has 0 radical (unpaired) electrons. The lowest BCUT2D eigenvalue weighted by atomic mass is 9.95. The maximum absolute atomic E-state index is 15.1. The molecule has 3 atom stereocenters. The summed E-state index contributed by atoms with van der Waals surface area (Å²) in [5.74, 6) is -5.62. The molecule has 2 amide bonds. The first kappa shape index (κ1) is 37.6. The number of thiol groups is 1. The van der Waals surface area contributed by atoms with Crippen LogP contribution in [0.4, 0.5) is 18.9 Å². The van der Waals surface area contributed by atoms with Crippen LogP contribution in [0.5, 0.6) is 0 Å². The Hall–Kier alpha value is -5.63. The van der Waals surface area contributed by atoms with Crippen molar-refractivity contribution in [3.8, 4) is 0 Å². The fourth-order valence-electron chi connectivity index (χ4n) is 6.14. The van der Waals surface area contributed by atoms with Crippen LogP contribution in [0, 0.1) is 5.41 Å². The number of hydrogen-bond donors (Lipinski definition) is 4. The molecule has 5 rings (SSSR count). The van der Waals surface area contributed by atoms with Crippen molar-refractivity contribution in [3.63, 3.8) is 0 Å². The summed E-state index contributed by atoms with van der Waals surface area (Å²) in [4.78, 5) is 57.6. The Morgan fingerprint density at radius 3 is 2.13 bits per heavy atom. The van der Waals surface area contributed by atoms with E-state index in [0.29, 0.717) is 36.1 Å². The highest BCUT2D eigenvalue weighted by Crippen LogP contribution is 2.42. The summed E-state index contributed by atoms with van der Waals surface area (Å²) >= 11 is 4.41. The minimum Gasteiger partial charge on any atom is -0.386 e. The van der Waals surface area contributed by atoms with Crippen molar-refractivity contribution in [2.24, 2.45) is 5.73 Å². The first-order valence-electron chi connectivity index (χ1n) is 16.3. The molecule has 0 spiro atoms. The Bertz CT molecular complexity index is 1910. The number of benzene rings is 4. The van der Waals surface area contributed by atoms with E-state index in [1.165, 1.54) is 9.80 Å². The van der Waals surface area contributed by atoms with Gasteiger partial charge in [-0.15, -0.1) is 0 Å². The van der Waals surface area contributed by atoms with Gasteiger partial charge in [0.1, 0.15) is 6.04 Å². The number of anilines is 1. The summed E-state index contributed by atoms with van der Waals surface area (Å²) in [5, 5.41) is 9.77. The lowest BCUT2D eigenvalue weighted by Crippen LogP contribution is -2.45. The Labute approximate surface area is 303 Å². The number of nitrogens with two attached hydrogens (primary N) is 1. The van der Waals surface area contributed by atoms with E-state index in [1.54, 1.807) is 72.8 Å². The van der Waals surface area contributed by atoms with Gasteiger partial charge in [-0.05, 0) is 53.6 Å². The molecule has 14 heteroatoms. The highest BCUT2D eigenvalue weighted by atomic mass is 32.1. The second-order valence-corrected chi connectivity index (χ2v) is 12.8. The predicted molar refractivity (Wildman–Crippen MR) is 191 cm³/mol. The second-order valence-electron chi connectivity index (χ2n) is 12.1. The number of aryl methyl sites for hydroxylation is 1. The van der Waals surface area contributed by atoms with E-state index >= 15 is 4.79 Å². The topological polar surface area (TPSA) is 146 Å². The van der Waals surface area contributed by atoms with Crippen LogP contribution < -0.4 is 16.0 Å². The quantitative estimate of drug-likeness (QED) is 0.0337. The molecule has 3 unspecified atom stereocenters. The van der Waals surface area contributed by atoms with Crippen LogP contribution >= 0.6 is 12.6 Å². The number of alkyl halides is 3. The van der Waals surface area contributed by atoms with Crippen LogP contribution in [0.15, 0.2) is 109 Å². The summed E-state index contributed by atoms with van der Waals surface area (Å²) in [7, 11) is 0. The molecule has 0 saturated heterocycles. The average Bonchev–Trinajstić information content (AvgIpc) is 3.20. The number of rotatable bonds is 12. The zero-order chi connectivity index (χ0) is 37.4.